The summed E-state index contributed by atoms with van der Waals surface area (Å²) in [6.45, 7) is 5.69. The first-order chi connectivity index (χ1) is 11.5. The molecule has 4 heteroatoms. The smallest absolute Gasteiger partial charge is 0.336 e. The Kier molecular flexibility index (Phi) is 5.85. The third-order valence-electron chi connectivity index (χ3n) is 3.92. The van der Waals surface area contributed by atoms with Crippen molar-refractivity contribution in [1.29, 1.82) is 0 Å². The van der Waals surface area contributed by atoms with E-state index in [1.165, 1.54) is 0 Å². The van der Waals surface area contributed by atoms with Crippen LogP contribution in [0.5, 0.6) is 5.75 Å². The molecular weight excluding hydrogens is 302 g/mol. The fourth-order valence-corrected chi connectivity index (χ4v) is 2.66. The molecule has 2 aromatic rings. The maximum absolute atomic E-state index is 12.9. The molecule has 0 amide bonds. The van der Waals surface area contributed by atoms with E-state index in [4.69, 9.17) is 9.47 Å². The molecule has 0 bridgehead atoms. The fraction of sp³-hybridized carbons (Fsp3) is 0.350. The summed E-state index contributed by atoms with van der Waals surface area (Å²) < 4.78 is 10.8. The molecule has 0 saturated carbocycles. The zero-order valence-electron chi connectivity index (χ0n) is 14.7. The Morgan fingerprint density at radius 2 is 1.83 bits per heavy atom. The van der Waals surface area contributed by atoms with Crippen LogP contribution in [0, 0.1) is 0 Å². The molecule has 24 heavy (non-hydrogen) atoms. The maximum atomic E-state index is 12.9. The van der Waals surface area contributed by atoms with Gasteiger partial charge >= 0.3 is 5.97 Å². The highest BCUT2D eigenvalue weighted by Crippen LogP contribution is 2.33. The van der Waals surface area contributed by atoms with Crippen molar-refractivity contribution < 1.29 is 14.3 Å². The molecule has 2 aromatic carbocycles. The predicted molar refractivity (Wildman–Crippen MR) is 96.3 cm³/mol. The second-order valence-electron chi connectivity index (χ2n) is 5.94. The summed E-state index contributed by atoms with van der Waals surface area (Å²) in [7, 11) is 1.62. The molecule has 0 fully saturated rings. The molecule has 0 aliphatic carbocycles. The summed E-state index contributed by atoms with van der Waals surface area (Å²) in [4.78, 5) is 12.9. The van der Waals surface area contributed by atoms with Crippen molar-refractivity contribution in [2.75, 3.05) is 12.4 Å². The monoisotopic (exact) mass is 327 g/mol. The molecule has 0 aromatic heterocycles. The molecule has 0 heterocycles. The van der Waals surface area contributed by atoms with Gasteiger partial charge in [-0.3, -0.25) is 0 Å². The van der Waals surface area contributed by atoms with E-state index in [1.807, 2.05) is 75.4 Å². The minimum absolute atomic E-state index is 0.181. The van der Waals surface area contributed by atoms with Crippen LogP contribution >= 0.6 is 0 Å². The number of benzene rings is 2. The summed E-state index contributed by atoms with van der Waals surface area (Å²) in [5.41, 5.74) is 0.736. The minimum atomic E-state index is -0.947. The topological polar surface area (TPSA) is 47.6 Å². The Morgan fingerprint density at radius 1 is 1.12 bits per heavy atom. The van der Waals surface area contributed by atoms with E-state index in [-0.39, 0.29) is 12.1 Å². The lowest BCUT2D eigenvalue weighted by atomic mass is 9.86. The van der Waals surface area contributed by atoms with Gasteiger partial charge in [-0.1, -0.05) is 43.3 Å². The Bertz CT molecular complexity index is 670. The summed E-state index contributed by atoms with van der Waals surface area (Å²) in [6, 6.07) is 17.2. The molecule has 1 atom stereocenters. The SMILES string of the molecule is CC[C@@](Nc1cccc(OC)c1)(C(=O)OC(C)C)c1ccccc1. The van der Waals surface area contributed by atoms with E-state index in [0.29, 0.717) is 6.42 Å². The lowest BCUT2D eigenvalue weighted by Crippen LogP contribution is -2.45. The molecule has 0 unspecified atom stereocenters. The highest BCUT2D eigenvalue weighted by atomic mass is 16.5. The molecule has 0 radical (unpaired) electrons. The molecule has 0 aliphatic rings. The van der Waals surface area contributed by atoms with Crippen molar-refractivity contribution in [3.05, 3.63) is 60.2 Å². The number of carbonyl (C=O) groups is 1. The third kappa shape index (κ3) is 3.88. The number of hydrogen-bond acceptors (Lipinski definition) is 4. The van der Waals surface area contributed by atoms with Crippen LogP contribution in [0.15, 0.2) is 54.6 Å². The van der Waals surface area contributed by atoms with E-state index in [0.717, 1.165) is 17.0 Å². The highest BCUT2D eigenvalue weighted by Gasteiger charge is 2.40. The van der Waals surface area contributed by atoms with E-state index >= 15 is 0 Å². The maximum Gasteiger partial charge on any atom is 0.336 e. The molecule has 0 spiro atoms. The van der Waals surface area contributed by atoms with Gasteiger partial charge in [0, 0.05) is 11.8 Å². The third-order valence-corrected chi connectivity index (χ3v) is 3.92. The van der Waals surface area contributed by atoms with Crippen LogP contribution < -0.4 is 10.1 Å². The van der Waals surface area contributed by atoms with Crippen molar-refractivity contribution in [3.8, 4) is 5.75 Å². The number of rotatable bonds is 7. The van der Waals surface area contributed by atoms with Gasteiger partial charge in [0.15, 0.2) is 5.54 Å². The van der Waals surface area contributed by atoms with Gasteiger partial charge in [0.1, 0.15) is 5.75 Å². The number of hydrogen-bond donors (Lipinski definition) is 1. The average molecular weight is 327 g/mol. The molecule has 1 N–H and O–H groups in total. The number of anilines is 1. The summed E-state index contributed by atoms with van der Waals surface area (Å²) in [5.74, 6) is 0.448. The van der Waals surface area contributed by atoms with Gasteiger partial charge in [0.25, 0.3) is 0 Å². The van der Waals surface area contributed by atoms with Gasteiger partial charge in [-0.05, 0) is 38.0 Å². The minimum Gasteiger partial charge on any atom is -0.497 e. The first kappa shape index (κ1) is 17.9. The second kappa shape index (κ2) is 7.86. The Hall–Kier alpha value is -2.49. The van der Waals surface area contributed by atoms with Crippen molar-refractivity contribution in [2.45, 2.75) is 38.8 Å². The van der Waals surface area contributed by atoms with E-state index in [2.05, 4.69) is 5.32 Å². The zero-order chi connectivity index (χ0) is 17.6. The Balaban J connectivity index is 2.46. The van der Waals surface area contributed by atoms with Gasteiger partial charge in [-0.25, -0.2) is 4.79 Å². The van der Waals surface area contributed by atoms with E-state index < -0.39 is 5.54 Å². The Morgan fingerprint density at radius 3 is 2.42 bits per heavy atom. The van der Waals surface area contributed by atoms with Gasteiger partial charge < -0.3 is 14.8 Å². The zero-order valence-corrected chi connectivity index (χ0v) is 14.7. The average Bonchev–Trinajstić information content (AvgIpc) is 2.60. The highest BCUT2D eigenvalue weighted by molar-refractivity contribution is 5.86. The molecule has 2 rings (SSSR count). The fourth-order valence-electron chi connectivity index (χ4n) is 2.66. The molecular formula is C20H25NO3. The normalized spacial score (nSPS) is 13.2. The second-order valence-corrected chi connectivity index (χ2v) is 5.94. The van der Waals surface area contributed by atoms with Gasteiger partial charge in [-0.2, -0.15) is 0 Å². The number of esters is 1. The molecule has 4 nitrogen and oxygen atoms in total. The first-order valence-electron chi connectivity index (χ1n) is 8.20. The number of nitrogens with one attached hydrogen (secondary N) is 1. The largest absolute Gasteiger partial charge is 0.497 e. The van der Waals surface area contributed by atoms with Crippen LogP contribution in [0.1, 0.15) is 32.8 Å². The van der Waals surface area contributed by atoms with Crippen LogP contribution in [0.4, 0.5) is 5.69 Å². The molecule has 0 saturated heterocycles. The lowest BCUT2D eigenvalue weighted by molar-refractivity contribution is -0.153. The van der Waals surface area contributed by atoms with E-state index in [1.54, 1.807) is 7.11 Å². The van der Waals surface area contributed by atoms with E-state index in [9.17, 15) is 4.79 Å². The van der Waals surface area contributed by atoms with Crippen LogP contribution in [0.3, 0.4) is 0 Å². The van der Waals surface area contributed by atoms with Crippen molar-refractivity contribution >= 4 is 11.7 Å². The van der Waals surface area contributed by atoms with Crippen LogP contribution in [0.25, 0.3) is 0 Å². The Labute approximate surface area is 143 Å². The van der Waals surface area contributed by atoms with Crippen molar-refractivity contribution in [2.24, 2.45) is 0 Å². The molecule has 0 aliphatic heterocycles. The standard InChI is InChI=1S/C20H25NO3/c1-5-20(19(22)24-15(2)3,16-10-7-6-8-11-16)21-17-12-9-13-18(14-17)23-4/h6-15,21H,5H2,1-4H3/t20-/m0/s1. The van der Waals surface area contributed by atoms with Gasteiger partial charge in [0.2, 0.25) is 0 Å². The number of methoxy groups -OCH3 is 1. The quantitative estimate of drug-likeness (QED) is 0.767. The van der Waals surface area contributed by atoms with Gasteiger partial charge in [-0.15, -0.1) is 0 Å². The van der Waals surface area contributed by atoms with Crippen LogP contribution in [0.2, 0.25) is 0 Å². The number of ether oxygens (including phenoxy) is 2. The van der Waals surface area contributed by atoms with Crippen LogP contribution in [-0.4, -0.2) is 19.2 Å². The summed E-state index contributed by atoms with van der Waals surface area (Å²) >= 11 is 0. The van der Waals surface area contributed by atoms with Crippen LogP contribution in [-0.2, 0) is 15.1 Å². The lowest BCUT2D eigenvalue weighted by Gasteiger charge is -2.34. The predicted octanol–water partition coefficient (Wildman–Crippen LogP) is 4.36. The first-order valence-corrected chi connectivity index (χ1v) is 8.20. The molecule has 128 valence electrons. The van der Waals surface area contributed by atoms with Crippen molar-refractivity contribution in [1.82, 2.24) is 0 Å². The van der Waals surface area contributed by atoms with Gasteiger partial charge in [0.05, 0.1) is 13.2 Å². The summed E-state index contributed by atoms with van der Waals surface area (Å²) in [6.07, 6.45) is 0.374. The number of carbonyl (C=O) groups excluding carboxylic acids is 1. The van der Waals surface area contributed by atoms with Crippen molar-refractivity contribution in [3.63, 3.8) is 0 Å². The summed E-state index contributed by atoms with van der Waals surface area (Å²) in [5, 5.41) is 3.38.